The van der Waals surface area contributed by atoms with Crippen molar-refractivity contribution >= 4 is 16.9 Å². The van der Waals surface area contributed by atoms with Gasteiger partial charge >= 0.3 is 0 Å². The number of piperidine rings is 1. The van der Waals surface area contributed by atoms with Gasteiger partial charge in [-0.1, -0.05) is 18.2 Å². The molecule has 1 saturated heterocycles. The predicted molar refractivity (Wildman–Crippen MR) is 136 cm³/mol. The van der Waals surface area contributed by atoms with Gasteiger partial charge in [0.05, 0.1) is 18.1 Å². The van der Waals surface area contributed by atoms with Crippen LogP contribution < -0.4 is 15.2 Å². The molecular formula is C27H36N4O4. The maximum atomic E-state index is 13.1. The summed E-state index contributed by atoms with van der Waals surface area (Å²) < 4.78 is 18.6. The zero-order valence-electron chi connectivity index (χ0n) is 20.7. The smallest absolute Gasteiger partial charge is 0.224 e. The van der Waals surface area contributed by atoms with E-state index in [1.165, 1.54) is 0 Å². The number of fused-ring (bicyclic) bond motifs is 1. The van der Waals surface area contributed by atoms with Gasteiger partial charge in [-0.3, -0.25) is 4.79 Å². The molecule has 0 unspecified atom stereocenters. The number of nitrogens with two attached hydrogens (primary N) is 1. The molecule has 0 bridgehead atoms. The summed E-state index contributed by atoms with van der Waals surface area (Å²) in [5.74, 6) is 2.73. The summed E-state index contributed by atoms with van der Waals surface area (Å²) in [6.45, 7) is 3.24. The Morgan fingerprint density at radius 1 is 1.17 bits per heavy atom. The average molecular weight is 481 g/mol. The number of ether oxygens (including phenoxy) is 3. The topological polar surface area (TPSA) is 91.8 Å². The third-order valence-electron chi connectivity index (χ3n) is 6.50. The van der Waals surface area contributed by atoms with E-state index in [-0.39, 0.29) is 30.9 Å². The molecule has 1 aliphatic heterocycles. The van der Waals surface area contributed by atoms with Crippen LogP contribution in [0.15, 0.2) is 48.5 Å². The number of likely N-dealkylation sites (tertiary alicyclic amines) is 1. The van der Waals surface area contributed by atoms with Crippen molar-refractivity contribution in [1.29, 1.82) is 0 Å². The first-order valence-corrected chi connectivity index (χ1v) is 12.3. The van der Waals surface area contributed by atoms with Crippen molar-refractivity contribution in [3.63, 3.8) is 0 Å². The van der Waals surface area contributed by atoms with E-state index in [1.54, 1.807) is 14.2 Å². The van der Waals surface area contributed by atoms with E-state index in [4.69, 9.17) is 24.9 Å². The molecular weight excluding hydrogens is 444 g/mol. The van der Waals surface area contributed by atoms with Crippen LogP contribution in [0.4, 0.5) is 0 Å². The van der Waals surface area contributed by atoms with Crippen LogP contribution in [-0.4, -0.2) is 66.9 Å². The van der Waals surface area contributed by atoms with Crippen molar-refractivity contribution < 1.29 is 19.0 Å². The van der Waals surface area contributed by atoms with Crippen LogP contribution in [0, 0.1) is 0 Å². The Morgan fingerprint density at radius 2 is 2.00 bits per heavy atom. The fraction of sp³-hybridized carbons (Fsp3) is 0.481. The highest BCUT2D eigenvalue weighted by Gasteiger charge is 2.29. The number of aromatic nitrogens is 2. The summed E-state index contributed by atoms with van der Waals surface area (Å²) in [6, 6.07) is 15.2. The fourth-order valence-corrected chi connectivity index (χ4v) is 4.73. The van der Waals surface area contributed by atoms with Crippen molar-refractivity contribution in [3.8, 4) is 11.5 Å². The maximum Gasteiger partial charge on any atom is 0.224 e. The quantitative estimate of drug-likeness (QED) is 0.422. The lowest BCUT2D eigenvalue weighted by Crippen LogP contribution is -2.43. The summed E-state index contributed by atoms with van der Waals surface area (Å²) in [4.78, 5) is 20.0. The molecule has 1 fully saturated rings. The van der Waals surface area contributed by atoms with Gasteiger partial charge in [-0.05, 0) is 43.5 Å². The molecule has 2 heterocycles. The molecule has 188 valence electrons. The van der Waals surface area contributed by atoms with Crippen LogP contribution in [0.25, 0.3) is 11.0 Å². The number of imidazole rings is 1. The number of rotatable bonds is 11. The normalized spacial score (nSPS) is 16.9. The molecule has 2 aromatic carbocycles. The molecule has 0 aliphatic carbocycles. The molecule has 0 spiro atoms. The number of hydrogen-bond acceptors (Lipinski definition) is 6. The van der Waals surface area contributed by atoms with Crippen LogP contribution in [-0.2, 0) is 16.1 Å². The molecule has 3 aromatic rings. The summed E-state index contributed by atoms with van der Waals surface area (Å²) in [5, 5.41) is 0. The second-order valence-electron chi connectivity index (χ2n) is 9.09. The minimum absolute atomic E-state index is 0.0680. The van der Waals surface area contributed by atoms with Gasteiger partial charge < -0.3 is 29.4 Å². The third kappa shape index (κ3) is 6.32. The van der Waals surface area contributed by atoms with Crippen molar-refractivity contribution in [2.24, 2.45) is 5.73 Å². The Bertz CT molecular complexity index is 1120. The summed E-state index contributed by atoms with van der Waals surface area (Å²) in [7, 11) is 3.34. The number of carbonyl (C=O) groups excluding carboxylic acids is 1. The lowest BCUT2D eigenvalue weighted by molar-refractivity contribution is -0.133. The van der Waals surface area contributed by atoms with Gasteiger partial charge in [-0.25, -0.2) is 4.98 Å². The number of nitrogens with zero attached hydrogens (tertiary/aromatic N) is 3. The van der Waals surface area contributed by atoms with E-state index < -0.39 is 0 Å². The molecule has 2 N–H and O–H groups in total. The molecule has 2 atom stereocenters. The fourth-order valence-electron chi connectivity index (χ4n) is 4.73. The molecule has 1 amide bonds. The molecule has 8 nitrogen and oxygen atoms in total. The largest absolute Gasteiger partial charge is 0.497 e. The Morgan fingerprint density at radius 3 is 2.83 bits per heavy atom. The molecule has 1 aromatic heterocycles. The number of aryl methyl sites for hydroxylation is 1. The van der Waals surface area contributed by atoms with Gasteiger partial charge in [0.1, 0.15) is 23.9 Å². The van der Waals surface area contributed by atoms with Crippen LogP contribution in [0.3, 0.4) is 0 Å². The first-order valence-electron chi connectivity index (χ1n) is 12.3. The van der Waals surface area contributed by atoms with Crippen LogP contribution in [0.5, 0.6) is 11.5 Å². The highest BCUT2D eigenvalue weighted by Crippen LogP contribution is 2.30. The third-order valence-corrected chi connectivity index (χ3v) is 6.50. The zero-order valence-corrected chi connectivity index (χ0v) is 20.7. The van der Waals surface area contributed by atoms with E-state index in [0.29, 0.717) is 18.9 Å². The van der Waals surface area contributed by atoms with Gasteiger partial charge in [0.2, 0.25) is 5.91 Å². The number of para-hydroxylation sites is 2. The van der Waals surface area contributed by atoms with E-state index in [9.17, 15) is 4.79 Å². The molecule has 0 saturated carbocycles. The van der Waals surface area contributed by atoms with Crippen LogP contribution in [0.2, 0.25) is 0 Å². The molecule has 35 heavy (non-hydrogen) atoms. The van der Waals surface area contributed by atoms with E-state index in [0.717, 1.165) is 55.0 Å². The van der Waals surface area contributed by atoms with E-state index in [2.05, 4.69) is 16.7 Å². The summed E-state index contributed by atoms with van der Waals surface area (Å²) in [5.41, 5.74) is 8.39. The van der Waals surface area contributed by atoms with Crippen molar-refractivity contribution in [2.45, 2.75) is 44.2 Å². The second-order valence-corrected chi connectivity index (χ2v) is 9.09. The number of amides is 1. The lowest BCUT2D eigenvalue weighted by atomic mass is 9.96. The highest BCUT2D eigenvalue weighted by atomic mass is 16.5. The van der Waals surface area contributed by atoms with Gasteiger partial charge in [-0.2, -0.15) is 0 Å². The predicted octanol–water partition coefficient (Wildman–Crippen LogP) is 3.58. The molecule has 8 heteroatoms. The van der Waals surface area contributed by atoms with Crippen molar-refractivity contribution in [3.05, 3.63) is 54.4 Å². The van der Waals surface area contributed by atoms with E-state index in [1.807, 2.05) is 41.3 Å². The average Bonchev–Trinajstić information content (AvgIpc) is 3.26. The number of methoxy groups -OCH3 is 2. The zero-order chi connectivity index (χ0) is 24.6. The Labute approximate surface area is 207 Å². The number of carbonyl (C=O) groups is 1. The Hall–Kier alpha value is -3.10. The lowest BCUT2D eigenvalue weighted by Gasteiger charge is -2.33. The van der Waals surface area contributed by atoms with Crippen LogP contribution in [0.1, 0.15) is 37.4 Å². The van der Waals surface area contributed by atoms with Gasteiger partial charge in [0.15, 0.2) is 0 Å². The molecule has 1 aliphatic rings. The first kappa shape index (κ1) is 25.0. The van der Waals surface area contributed by atoms with Crippen LogP contribution >= 0.6 is 0 Å². The molecule has 0 radical (unpaired) electrons. The number of benzene rings is 2. The maximum absolute atomic E-state index is 13.1. The molecule has 4 rings (SSSR count). The van der Waals surface area contributed by atoms with E-state index >= 15 is 0 Å². The Kier molecular flexibility index (Phi) is 8.60. The first-order chi connectivity index (χ1) is 17.1. The monoisotopic (exact) mass is 480 g/mol. The minimum Gasteiger partial charge on any atom is -0.497 e. The second kappa shape index (κ2) is 12.0. The SMILES string of the molecule is COCCCn1c([C@@H]2CCCN(C(=O)C[C@@H](N)COc3cccc(OC)c3)C2)nc2ccccc21. The van der Waals surface area contributed by atoms with Crippen molar-refractivity contribution in [1.82, 2.24) is 14.5 Å². The standard InChI is InChI=1S/C27H36N4O4/c1-33-15-7-14-31-25-12-4-3-11-24(25)29-27(31)20-8-6-13-30(18-20)26(32)16-21(28)19-35-23-10-5-9-22(17-23)34-2/h3-5,9-12,17,20-21H,6-8,13-16,18-19,28H2,1-2H3/t20-,21-/m1/s1. The van der Waals surface area contributed by atoms with Gasteiger partial charge in [0, 0.05) is 57.8 Å². The van der Waals surface area contributed by atoms with Gasteiger partial charge in [-0.15, -0.1) is 0 Å². The summed E-state index contributed by atoms with van der Waals surface area (Å²) in [6.07, 6.45) is 3.14. The number of hydrogen-bond donors (Lipinski definition) is 1. The minimum atomic E-state index is -0.382. The van der Waals surface area contributed by atoms with Crippen molar-refractivity contribution in [2.75, 3.05) is 40.5 Å². The Balaban J connectivity index is 1.38. The van der Waals surface area contributed by atoms with Gasteiger partial charge in [0.25, 0.3) is 0 Å². The highest BCUT2D eigenvalue weighted by molar-refractivity contribution is 5.77. The summed E-state index contributed by atoms with van der Waals surface area (Å²) >= 11 is 0.